The van der Waals surface area contributed by atoms with Crippen molar-refractivity contribution in [3.63, 3.8) is 0 Å². The maximum absolute atomic E-state index is 3.80. The van der Waals surface area contributed by atoms with Gasteiger partial charge < -0.3 is 5.32 Å². The van der Waals surface area contributed by atoms with Gasteiger partial charge in [-0.3, -0.25) is 0 Å². The van der Waals surface area contributed by atoms with E-state index in [0.717, 1.165) is 11.8 Å². The highest BCUT2D eigenvalue weighted by Crippen LogP contribution is 2.34. The zero-order valence-corrected chi connectivity index (χ0v) is 11.5. The van der Waals surface area contributed by atoms with E-state index >= 15 is 0 Å². The maximum atomic E-state index is 3.80. The van der Waals surface area contributed by atoms with Crippen LogP contribution in [0.1, 0.15) is 56.1 Å². The fourth-order valence-corrected chi connectivity index (χ4v) is 3.67. The van der Waals surface area contributed by atoms with E-state index in [2.05, 4.69) is 36.5 Å². The molecule has 0 heterocycles. The van der Waals surface area contributed by atoms with Crippen molar-refractivity contribution in [2.75, 3.05) is 6.54 Å². The molecule has 2 atom stereocenters. The molecule has 0 aliphatic heterocycles. The van der Waals surface area contributed by atoms with Gasteiger partial charge in [-0.05, 0) is 43.2 Å². The first-order valence-electron chi connectivity index (χ1n) is 7.66. The van der Waals surface area contributed by atoms with Crippen molar-refractivity contribution >= 4 is 0 Å². The van der Waals surface area contributed by atoms with E-state index in [1.54, 1.807) is 11.1 Å². The van der Waals surface area contributed by atoms with Crippen LogP contribution in [0.2, 0.25) is 0 Å². The Morgan fingerprint density at radius 3 is 2.72 bits per heavy atom. The van der Waals surface area contributed by atoms with Crippen LogP contribution < -0.4 is 5.32 Å². The third kappa shape index (κ3) is 2.47. The number of hydrogen-bond donors (Lipinski definition) is 1. The molecule has 1 nitrogen and oxygen atoms in total. The van der Waals surface area contributed by atoms with Gasteiger partial charge in [0, 0.05) is 18.5 Å². The molecule has 2 aliphatic rings. The average Bonchev–Trinajstić information content (AvgIpc) is 2.40. The molecule has 1 unspecified atom stereocenters. The molecule has 2 aliphatic carbocycles. The highest BCUT2D eigenvalue weighted by molar-refractivity contribution is 5.40. The molecule has 1 fully saturated rings. The van der Waals surface area contributed by atoms with Gasteiger partial charge in [0.2, 0.25) is 0 Å². The van der Waals surface area contributed by atoms with E-state index in [-0.39, 0.29) is 0 Å². The molecule has 98 valence electrons. The molecular formula is C17H25N. The lowest BCUT2D eigenvalue weighted by Crippen LogP contribution is -2.39. The fourth-order valence-electron chi connectivity index (χ4n) is 3.67. The van der Waals surface area contributed by atoms with Crippen LogP contribution in [0.5, 0.6) is 0 Å². The summed E-state index contributed by atoms with van der Waals surface area (Å²) < 4.78 is 0. The van der Waals surface area contributed by atoms with Crippen LogP contribution >= 0.6 is 0 Å². The van der Waals surface area contributed by atoms with Crippen molar-refractivity contribution in [3.05, 3.63) is 35.4 Å². The van der Waals surface area contributed by atoms with E-state index in [9.17, 15) is 0 Å². The van der Waals surface area contributed by atoms with Crippen LogP contribution in [0.4, 0.5) is 0 Å². The monoisotopic (exact) mass is 243 g/mol. The minimum atomic E-state index is 0.707. The molecule has 0 spiro atoms. The van der Waals surface area contributed by atoms with Gasteiger partial charge >= 0.3 is 0 Å². The van der Waals surface area contributed by atoms with E-state index in [1.807, 2.05) is 0 Å². The second-order valence-corrected chi connectivity index (χ2v) is 6.19. The Kier molecular flexibility index (Phi) is 3.69. The van der Waals surface area contributed by atoms with E-state index in [0.29, 0.717) is 6.04 Å². The topological polar surface area (TPSA) is 12.0 Å². The summed E-state index contributed by atoms with van der Waals surface area (Å²) in [5.74, 6) is 1.70. The highest BCUT2D eigenvalue weighted by atomic mass is 14.9. The van der Waals surface area contributed by atoms with Gasteiger partial charge in [0.15, 0.2) is 0 Å². The smallest absolute Gasteiger partial charge is 0.00672 e. The Balaban J connectivity index is 1.48. The largest absolute Gasteiger partial charge is 0.313 e. The Morgan fingerprint density at radius 2 is 1.94 bits per heavy atom. The first-order chi connectivity index (χ1) is 8.84. The number of fused-ring (bicyclic) bond motifs is 1. The predicted octanol–water partition coefficient (Wildman–Crippen LogP) is 3.88. The molecule has 0 aromatic heterocycles. The second kappa shape index (κ2) is 5.44. The molecule has 3 rings (SSSR count). The summed E-state index contributed by atoms with van der Waals surface area (Å²) in [6.07, 6.45) is 8.51. The van der Waals surface area contributed by atoms with Gasteiger partial charge in [-0.25, -0.2) is 0 Å². The third-order valence-corrected chi connectivity index (χ3v) is 5.00. The van der Waals surface area contributed by atoms with Crippen LogP contribution in [-0.2, 0) is 6.42 Å². The van der Waals surface area contributed by atoms with Gasteiger partial charge in [0.05, 0.1) is 0 Å². The minimum Gasteiger partial charge on any atom is -0.313 e. The van der Waals surface area contributed by atoms with Crippen molar-refractivity contribution in [2.24, 2.45) is 5.92 Å². The molecule has 1 heteroatoms. The van der Waals surface area contributed by atoms with E-state index < -0.39 is 0 Å². The van der Waals surface area contributed by atoms with Crippen molar-refractivity contribution < 1.29 is 0 Å². The van der Waals surface area contributed by atoms with E-state index in [1.165, 1.54) is 45.1 Å². The number of rotatable bonds is 4. The SMILES string of the molecule is C[C@H](NCC1Cc2ccccc21)C1CCCCC1. The summed E-state index contributed by atoms with van der Waals surface area (Å²) in [5.41, 5.74) is 3.15. The molecule has 1 aromatic carbocycles. The van der Waals surface area contributed by atoms with Crippen LogP contribution in [-0.4, -0.2) is 12.6 Å². The van der Waals surface area contributed by atoms with Crippen molar-refractivity contribution in [2.45, 2.75) is 57.4 Å². The fraction of sp³-hybridized carbons (Fsp3) is 0.647. The van der Waals surface area contributed by atoms with Gasteiger partial charge in [-0.15, -0.1) is 0 Å². The molecule has 0 bridgehead atoms. The summed E-state index contributed by atoms with van der Waals surface area (Å²) in [6.45, 7) is 3.56. The summed E-state index contributed by atoms with van der Waals surface area (Å²) in [6, 6.07) is 9.62. The molecule has 0 saturated heterocycles. The van der Waals surface area contributed by atoms with Crippen molar-refractivity contribution in [3.8, 4) is 0 Å². The standard InChI is InChI=1S/C17H25N/c1-13(14-7-3-2-4-8-14)18-12-16-11-15-9-5-6-10-17(15)16/h5-6,9-10,13-14,16,18H,2-4,7-8,11-12H2,1H3/t13-,16?/m0/s1. The van der Waals surface area contributed by atoms with Crippen LogP contribution in [0.3, 0.4) is 0 Å². The van der Waals surface area contributed by atoms with Crippen LogP contribution in [0.15, 0.2) is 24.3 Å². The van der Waals surface area contributed by atoms with Crippen LogP contribution in [0, 0.1) is 5.92 Å². The lowest BCUT2D eigenvalue weighted by atomic mass is 9.77. The summed E-state index contributed by atoms with van der Waals surface area (Å²) in [4.78, 5) is 0. The molecule has 18 heavy (non-hydrogen) atoms. The normalized spacial score (nSPS) is 25.3. The Labute approximate surface area is 111 Å². The van der Waals surface area contributed by atoms with Crippen molar-refractivity contribution in [1.29, 1.82) is 0 Å². The Bertz CT molecular complexity index is 392. The lowest BCUT2D eigenvalue weighted by molar-refractivity contribution is 0.276. The average molecular weight is 243 g/mol. The van der Waals surface area contributed by atoms with E-state index in [4.69, 9.17) is 0 Å². The lowest BCUT2D eigenvalue weighted by Gasteiger charge is -2.34. The van der Waals surface area contributed by atoms with Crippen molar-refractivity contribution in [1.82, 2.24) is 5.32 Å². The Morgan fingerprint density at radius 1 is 1.17 bits per heavy atom. The van der Waals surface area contributed by atoms with Gasteiger partial charge in [-0.1, -0.05) is 43.5 Å². The second-order valence-electron chi connectivity index (χ2n) is 6.19. The first kappa shape index (κ1) is 12.2. The first-order valence-corrected chi connectivity index (χ1v) is 7.66. The molecule has 1 aromatic rings. The van der Waals surface area contributed by atoms with Gasteiger partial charge in [0.1, 0.15) is 0 Å². The third-order valence-electron chi connectivity index (χ3n) is 5.00. The van der Waals surface area contributed by atoms with Gasteiger partial charge in [-0.2, -0.15) is 0 Å². The highest BCUT2D eigenvalue weighted by Gasteiger charge is 2.26. The predicted molar refractivity (Wildman–Crippen MR) is 76.9 cm³/mol. The Hall–Kier alpha value is -0.820. The molecule has 1 saturated carbocycles. The maximum Gasteiger partial charge on any atom is 0.00672 e. The molecule has 0 amide bonds. The number of nitrogens with one attached hydrogen (secondary N) is 1. The molecular weight excluding hydrogens is 218 g/mol. The van der Waals surface area contributed by atoms with Gasteiger partial charge in [0.25, 0.3) is 0 Å². The minimum absolute atomic E-state index is 0.707. The quantitative estimate of drug-likeness (QED) is 0.846. The summed E-state index contributed by atoms with van der Waals surface area (Å²) >= 11 is 0. The zero-order valence-electron chi connectivity index (χ0n) is 11.5. The summed E-state index contributed by atoms with van der Waals surface area (Å²) in [5, 5.41) is 3.80. The zero-order chi connectivity index (χ0) is 12.4. The number of benzene rings is 1. The van der Waals surface area contributed by atoms with Crippen LogP contribution in [0.25, 0.3) is 0 Å². The molecule has 1 N–H and O–H groups in total. The number of hydrogen-bond acceptors (Lipinski definition) is 1. The summed E-state index contributed by atoms with van der Waals surface area (Å²) in [7, 11) is 0. The molecule has 0 radical (unpaired) electrons.